The second-order valence-electron chi connectivity index (χ2n) is 9.48. The number of hydrogen-bond acceptors (Lipinski definition) is 7. The van der Waals surface area contributed by atoms with Crippen LogP contribution in [0.1, 0.15) is 94.3 Å². The van der Waals surface area contributed by atoms with Gasteiger partial charge in [0.25, 0.3) is 5.91 Å². The third kappa shape index (κ3) is 13.4. The number of carbonyl (C=O) groups is 4. The van der Waals surface area contributed by atoms with Crippen LogP contribution in [0.4, 0.5) is 0 Å². The van der Waals surface area contributed by atoms with Crippen LogP contribution in [-0.4, -0.2) is 54.3 Å². The van der Waals surface area contributed by atoms with Gasteiger partial charge in [0.05, 0.1) is 18.6 Å². The molecule has 1 unspecified atom stereocenters. The molecular weight excluding hydrogens is 474 g/mol. The lowest BCUT2D eigenvalue weighted by Crippen LogP contribution is -2.45. The molecule has 1 rings (SSSR count). The Kier molecular flexibility index (Phi) is 16.9. The number of Topliss-reactive ketones (excluding diaryl/α,β-unsaturated/α-hetero) is 1. The topological polar surface area (TPSA) is 162 Å². The van der Waals surface area contributed by atoms with E-state index in [9.17, 15) is 24.3 Å². The van der Waals surface area contributed by atoms with Gasteiger partial charge >= 0.3 is 5.97 Å². The van der Waals surface area contributed by atoms with Crippen LogP contribution < -0.4 is 21.5 Å². The molecule has 6 N–H and O–H groups in total. The molecule has 0 saturated carbocycles. The van der Waals surface area contributed by atoms with E-state index in [4.69, 9.17) is 16.2 Å². The Morgan fingerprint density at radius 3 is 2.16 bits per heavy atom. The summed E-state index contributed by atoms with van der Waals surface area (Å²) in [6.07, 6.45) is 11.4. The zero-order valence-corrected chi connectivity index (χ0v) is 22.2. The molecule has 0 aliphatic heterocycles. The Morgan fingerprint density at radius 1 is 0.973 bits per heavy atom. The van der Waals surface area contributed by atoms with Gasteiger partial charge in [-0.1, -0.05) is 58.3 Å². The van der Waals surface area contributed by atoms with Crippen LogP contribution in [0.25, 0.3) is 0 Å². The van der Waals surface area contributed by atoms with Crippen molar-refractivity contribution in [2.45, 2.75) is 96.1 Å². The summed E-state index contributed by atoms with van der Waals surface area (Å²) in [7, 11) is 0. The maximum atomic E-state index is 12.6. The minimum absolute atomic E-state index is 0.248. The average Bonchev–Trinajstić information content (AvgIpc) is 2.89. The fourth-order valence-electron chi connectivity index (χ4n) is 4.01. The standard InChI is InChI=1S/C28H45N3O6/c1-2-3-4-5-6-7-8-11-18-37-23-15-13-21(14-16-23)27(34)31-25(28(35)36)19-22(20-32)26(33)24(30)12-9-10-17-29/h13-16,20,22,24-25H,2-12,17-19,29-30H2,1H3,(H,31,34)(H,35,36)/t22?,24-,25-/m0/s1. The van der Waals surface area contributed by atoms with E-state index in [-0.39, 0.29) is 12.0 Å². The van der Waals surface area contributed by atoms with Crippen molar-refractivity contribution in [1.29, 1.82) is 0 Å². The van der Waals surface area contributed by atoms with E-state index >= 15 is 0 Å². The summed E-state index contributed by atoms with van der Waals surface area (Å²) in [6, 6.07) is 4.12. The summed E-state index contributed by atoms with van der Waals surface area (Å²) >= 11 is 0. The number of rotatable bonds is 22. The normalized spacial score (nSPS) is 13.4. The fourth-order valence-corrected chi connectivity index (χ4v) is 4.01. The zero-order chi connectivity index (χ0) is 27.5. The summed E-state index contributed by atoms with van der Waals surface area (Å²) in [6.45, 7) is 3.27. The number of nitrogens with one attached hydrogen (secondary N) is 1. The molecule has 3 atom stereocenters. The van der Waals surface area contributed by atoms with Gasteiger partial charge in [0.2, 0.25) is 0 Å². The summed E-state index contributed by atoms with van der Waals surface area (Å²) in [5, 5.41) is 12.0. The maximum absolute atomic E-state index is 12.6. The van der Waals surface area contributed by atoms with Crippen molar-refractivity contribution in [3.63, 3.8) is 0 Å². The first-order valence-corrected chi connectivity index (χ1v) is 13.5. The third-order valence-electron chi connectivity index (χ3n) is 6.34. The lowest BCUT2D eigenvalue weighted by Gasteiger charge is -2.20. The molecule has 0 heterocycles. The first-order chi connectivity index (χ1) is 17.8. The molecule has 0 fully saturated rings. The highest BCUT2D eigenvalue weighted by Gasteiger charge is 2.31. The highest BCUT2D eigenvalue weighted by molar-refractivity contribution is 5.99. The predicted molar refractivity (Wildman–Crippen MR) is 143 cm³/mol. The summed E-state index contributed by atoms with van der Waals surface area (Å²) in [4.78, 5) is 48.4. The Labute approximate surface area is 220 Å². The molecule has 0 saturated heterocycles. The largest absolute Gasteiger partial charge is 0.494 e. The number of carboxylic acid groups (broad SMARTS) is 1. The molecule has 0 spiro atoms. The number of hydrogen-bond donors (Lipinski definition) is 4. The smallest absolute Gasteiger partial charge is 0.326 e. The molecule has 9 heteroatoms. The van der Waals surface area contributed by atoms with Crippen molar-refractivity contribution < 1.29 is 29.0 Å². The van der Waals surface area contributed by atoms with Gasteiger partial charge in [-0.2, -0.15) is 0 Å². The first-order valence-electron chi connectivity index (χ1n) is 13.5. The van der Waals surface area contributed by atoms with Crippen molar-refractivity contribution in [1.82, 2.24) is 5.32 Å². The monoisotopic (exact) mass is 519 g/mol. The molecule has 0 bridgehead atoms. The van der Waals surface area contributed by atoms with Crippen molar-refractivity contribution in [2.24, 2.45) is 17.4 Å². The number of nitrogens with two attached hydrogens (primary N) is 2. The SMILES string of the molecule is CCCCCCCCCCOc1ccc(C(=O)N[C@@H](CC(C=O)C(=O)[C@@H](N)CCCCN)C(=O)O)cc1. The van der Waals surface area contributed by atoms with Crippen molar-refractivity contribution in [3.8, 4) is 5.75 Å². The van der Waals surface area contributed by atoms with Crippen LogP contribution in [0.5, 0.6) is 5.75 Å². The molecule has 0 aromatic heterocycles. The molecule has 1 amide bonds. The molecule has 37 heavy (non-hydrogen) atoms. The number of aliphatic carboxylic acids is 1. The number of ether oxygens (including phenoxy) is 1. The van der Waals surface area contributed by atoms with Crippen LogP contribution in [0.15, 0.2) is 24.3 Å². The van der Waals surface area contributed by atoms with Crippen LogP contribution in [0.2, 0.25) is 0 Å². The van der Waals surface area contributed by atoms with Crippen molar-refractivity contribution >= 4 is 23.9 Å². The lowest BCUT2D eigenvalue weighted by atomic mass is 9.90. The van der Waals surface area contributed by atoms with Crippen LogP contribution >= 0.6 is 0 Å². The van der Waals surface area contributed by atoms with Gasteiger partial charge in [0.1, 0.15) is 18.1 Å². The van der Waals surface area contributed by atoms with Gasteiger partial charge in [-0.25, -0.2) is 4.79 Å². The molecular formula is C28H45N3O6. The van der Waals surface area contributed by atoms with Gasteiger partial charge in [0, 0.05) is 5.56 Å². The van der Waals surface area contributed by atoms with E-state index in [1.165, 1.54) is 38.5 Å². The number of amides is 1. The molecule has 1 aromatic carbocycles. The number of carbonyl (C=O) groups excluding carboxylic acids is 3. The Hall–Kier alpha value is -2.78. The van der Waals surface area contributed by atoms with Crippen LogP contribution in [-0.2, 0) is 14.4 Å². The lowest BCUT2D eigenvalue weighted by molar-refractivity contribution is -0.140. The van der Waals surface area contributed by atoms with Gasteiger partial charge < -0.3 is 31.4 Å². The molecule has 0 radical (unpaired) electrons. The minimum atomic E-state index is -1.42. The Balaban J connectivity index is 2.52. The molecule has 0 aliphatic carbocycles. The number of aldehydes is 1. The van der Waals surface area contributed by atoms with E-state index in [0.717, 1.165) is 12.8 Å². The summed E-state index contributed by atoms with van der Waals surface area (Å²) in [5.41, 5.74) is 11.6. The van der Waals surface area contributed by atoms with E-state index in [1.807, 2.05) is 0 Å². The first kappa shape index (κ1) is 32.2. The number of ketones is 1. The fraction of sp³-hybridized carbons (Fsp3) is 0.643. The van der Waals surface area contributed by atoms with E-state index in [2.05, 4.69) is 12.2 Å². The van der Waals surface area contributed by atoms with Crippen molar-refractivity contribution in [3.05, 3.63) is 29.8 Å². The van der Waals surface area contributed by atoms with Crippen molar-refractivity contribution in [2.75, 3.05) is 13.2 Å². The molecule has 0 aliphatic rings. The van der Waals surface area contributed by atoms with Gasteiger partial charge in [-0.05, 0) is 56.5 Å². The minimum Gasteiger partial charge on any atom is -0.494 e. The second-order valence-corrected chi connectivity index (χ2v) is 9.48. The van der Waals surface area contributed by atoms with E-state index < -0.39 is 35.7 Å². The van der Waals surface area contributed by atoms with Crippen LogP contribution in [0.3, 0.4) is 0 Å². The molecule has 9 nitrogen and oxygen atoms in total. The van der Waals surface area contributed by atoms with E-state index in [0.29, 0.717) is 44.4 Å². The number of benzene rings is 1. The zero-order valence-electron chi connectivity index (χ0n) is 22.2. The van der Waals surface area contributed by atoms with Gasteiger partial charge in [-0.3, -0.25) is 9.59 Å². The van der Waals surface area contributed by atoms with Gasteiger partial charge in [-0.15, -0.1) is 0 Å². The highest BCUT2D eigenvalue weighted by Crippen LogP contribution is 2.16. The highest BCUT2D eigenvalue weighted by atomic mass is 16.5. The Bertz CT molecular complexity index is 815. The quantitative estimate of drug-likeness (QED) is 0.103. The molecule has 1 aromatic rings. The second kappa shape index (κ2) is 19.3. The number of carboxylic acids is 1. The average molecular weight is 520 g/mol. The summed E-state index contributed by atoms with van der Waals surface area (Å²) in [5.74, 6) is -3.09. The third-order valence-corrected chi connectivity index (χ3v) is 6.34. The van der Waals surface area contributed by atoms with Crippen LogP contribution in [0, 0.1) is 5.92 Å². The van der Waals surface area contributed by atoms with Gasteiger partial charge in [0.15, 0.2) is 5.78 Å². The predicted octanol–water partition coefficient (Wildman–Crippen LogP) is 3.62. The number of unbranched alkanes of at least 4 members (excludes halogenated alkanes) is 8. The summed E-state index contributed by atoms with van der Waals surface area (Å²) < 4.78 is 5.74. The molecule has 208 valence electrons. The maximum Gasteiger partial charge on any atom is 0.326 e. The van der Waals surface area contributed by atoms with E-state index in [1.54, 1.807) is 24.3 Å². The Morgan fingerprint density at radius 2 is 1.59 bits per heavy atom.